The molecular weight excluding hydrogens is 358 g/mol. The third-order valence-electron chi connectivity index (χ3n) is 4.40. The first-order valence-electron chi connectivity index (χ1n) is 8.72. The van der Waals surface area contributed by atoms with Gasteiger partial charge in [-0.25, -0.2) is 13.4 Å². The van der Waals surface area contributed by atoms with Crippen LogP contribution in [0.3, 0.4) is 0 Å². The fourth-order valence-corrected chi connectivity index (χ4v) is 4.03. The van der Waals surface area contributed by atoms with Crippen molar-refractivity contribution in [2.45, 2.75) is 18.2 Å². The molecule has 1 aromatic heterocycles. The van der Waals surface area contributed by atoms with Crippen molar-refractivity contribution in [3.8, 4) is 11.4 Å². The predicted molar refractivity (Wildman–Crippen MR) is 108 cm³/mol. The van der Waals surface area contributed by atoms with Gasteiger partial charge in [-0.1, -0.05) is 49.4 Å². The van der Waals surface area contributed by atoms with E-state index in [9.17, 15) is 8.42 Å². The van der Waals surface area contributed by atoms with Crippen LogP contribution in [0.25, 0.3) is 22.4 Å². The van der Waals surface area contributed by atoms with E-state index >= 15 is 0 Å². The van der Waals surface area contributed by atoms with Gasteiger partial charge < -0.3 is 4.98 Å². The number of aromatic amines is 1. The number of imidazole rings is 1. The van der Waals surface area contributed by atoms with Gasteiger partial charge in [-0.15, -0.1) is 0 Å². The summed E-state index contributed by atoms with van der Waals surface area (Å²) in [6, 6.07) is 22.0. The molecule has 0 saturated heterocycles. The molecule has 6 heteroatoms. The SMILES string of the molecule is CCc1cccc(NS(=O)(=O)c2ccc3nc(-c4ccccc4)[nH]c3c2)c1. The highest BCUT2D eigenvalue weighted by Gasteiger charge is 2.16. The Morgan fingerprint density at radius 3 is 2.56 bits per heavy atom. The normalized spacial score (nSPS) is 11.6. The Hall–Kier alpha value is -3.12. The van der Waals surface area contributed by atoms with E-state index in [1.807, 2.05) is 55.5 Å². The number of H-pyrrole nitrogens is 1. The van der Waals surface area contributed by atoms with Gasteiger partial charge in [0.1, 0.15) is 5.82 Å². The van der Waals surface area contributed by atoms with Gasteiger partial charge in [0.2, 0.25) is 0 Å². The van der Waals surface area contributed by atoms with Crippen LogP contribution in [0.1, 0.15) is 12.5 Å². The third kappa shape index (κ3) is 3.57. The van der Waals surface area contributed by atoms with Crippen LogP contribution in [0.2, 0.25) is 0 Å². The Bertz CT molecular complexity index is 1200. The van der Waals surface area contributed by atoms with Crippen LogP contribution in [0.4, 0.5) is 5.69 Å². The molecule has 1 heterocycles. The van der Waals surface area contributed by atoms with E-state index in [4.69, 9.17) is 0 Å². The molecular formula is C21H19N3O2S. The van der Waals surface area contributed by atoms with Gasteiger partial charge >= 0.3 is 0 Å². The molecule has 0 aliphatic rings. The number of rotatable bonds is 5. The molecule has 4 aromatic rings. The second-order valence-corrected chi connectivity index (χ2v) is 7.97. The molecule has 0 atom stereocenters. The monoisotopic (exact) mass is 377 g/mol. The van der Waals surface area contributed by atoms with Crippen molar-refractivity contribution in [2.24, 2.45) is 0 Å². The first-order valence-corrected chi connectivity index (χ1v) is 10.2. The minimum atomic E-state index is -3.68. The fraction of sp³-hybridized carbons (Fsp3) is 0.0952. The second-order valence-electron chi connectivity index (χ2n) is 6.29. The minimum absolute atomic E-state index is 0.195. The lowest BCUT2D eigenvalue weighted by molar-refractivity contribution is 0.601. The van der Waals surface area contributed by atoms with E-state index in [1.54, 1.807) is 24.3 Å². The Balaban J connectivity index is 1.68. The number of hydrogen-bond acceptors (Lipinski definition) is 3. The van der Waals surface area contributed by atoms with Gasteiger partial charge in [0.05, 0.1) is 15.9 Å². The van der Waals surface area contributed by atoms with Crippen molar-refractivity contribution in [3.63, 3.8) is 0 Å². The zero-order valence-corrected chi connectivity index (χ0v) is 15.6. The number of anilines is 1. The predicted octanol–water partition coefficient (Wildman–Crippen LogP) is 4.59. The highest BCUT2D eigenvalue weighted by molar-refractivity contribution is 7.92. The zero-order valence-electron chi connectivity index (χ0n) is 14.8. The molecule has 0 spiro atoms. The van der Waals surface area contributed by atoms with Crippen molar-refractivity contribution >= 4 is 26.7 Å². The molecule has 27 heavy (non-hydrogen) atoms. The lowest BCUT2D eigenvalue weighted by Gasteiger charge is -2.09. The van der Waals surface area contributed by atoms with Gasteiger partial charge in [-0.05, 0) is 42.3 Å². The van der Waals surface area contributed by atoms with Crippen molar-refractivity contribution in [3.05, 3.63) is 78.4 Å². The summed E-state index contributed by atoms with van der Waals surface area (Å²) in [6.45, 7) is 2.03. The Morgan fingerprint density at radius 1 is 0.963 bits per heavy atom. The Labute approximate surface area is 158 Å². The van der Waals surface area contributed by atoms with Gasteiger partial charge in [-0.3, -0.25) is 4.72 Å². The summed E-state index contributed by atoms with van der Waals surface area (Å²) in [7, 11) is -3.68. The van der Waals surface area contributed by atoms with Crippen LogP contribution in [0, 0.1) is 0 Å². The number of fused-ring (bicyclic) bond motifs is 1. The average Bonchev–Trinajstić information content (AvgIpc) is 3.12. The first kappa shape index (κ1) is 17.3. The zero-order chi connectivity index (χ0) is 18.9. The minimum Gasteiger partial charge on any atom is -0.338 e. The highest BCUT2D eigenvalue weighted by atomic mass is 32.2. The first-order chi connectivity index (χ1) is 13.0. The van der Waals surface area contributed by atoms with E-state index in [0.717, 1.165) is 23.1 Å². The molecule has 5 nitrogen and oxygen atoms in total. The summed E-state index contributed by atoms with van der Waals surface area (Å²) in [5, 5.41) is 0. The summed E-state index contributed by atoms with van der Waals surface area (Å²) in [5.41, 5.74) is 3.99. The number of nitrogens with one attached hydrogen (secondary N) is 2. The van der Waals surface area contributed by atoms with Crippen molar-refractivity contribution in [1.29, 1.82) is 0 Å². The van der Waals surface area contributed by atoms with Gasteiger partial charge in [0.25, 0.3) is 10.0 Å². The van der Waals surface area contributed by atoms with Crippen molar-refractivity contribution in [1.82, 2.24) is 9.97 Å². The lowest BCUT2D eigenvalue weighted by atomic mass is 10.1. The number of aryl methyl sites for hydroxylation is 1. The molecule has 0 saturated carbocycles. The van der Waals surface area contributed by atoms with Crippen LogP contribution in [0.15, 0.2) is 77.7 Å². The maximum Gasteiger partial charge on any atom is 0.261 e. The van der Waals surface area contributed by atoms with E-state index in [1.165, 1.54) is 0 Å². The molecule has 4 rings (SSSR count). The highest BCUT2D eigenvalue weighted by Crippen LogP contribution is 2.24. The molecule has 0 aliphatic heterocycles. The van der Waals surface area contributed by atoms with E-state index < -0.39 is 10.0 Å². The quantitative estimate of drug-likeness (QED) is 0.534. The Kier molecular flexibility index (Phi) is 4.41. The van der Waals surface area contributed by atoms with Crippen LogP contribution < -0.4 is 4.72 Å². The maximum absolute atomic E-state index is 12.8. The maximum atomic E-state index is 12.8. The molecule has 2 N–H and O–H groups in total. The lowest BCUT2D eigenvalue weighted by Crippen LogP contribution is -2.13. The number of hydrogen-bond donors (Lipinski definition) is 2. The largest absolute Gasteiger partial charge is 0.338 e. The third-order valence-corrected chi connectivity index (χ3v) is 5.78. The summed E-state index contributed by atoms with van der Waals surface area (Å²) < 4.78 is 28.2. The standard InChI is InChI=1S/C21H19N3O2S/c1-2-15-7-6-10-17(13-15)24-27(25,26)18-11-12-19-20(14-18)23-21(22-19)16-8-4-3-5-9-16/h3-14,24H,2H2,1H3,(H,22,23). The molecule has 3 aromatic carbocycles. The molecule has 136 valence electrons. The number of aromatic nitrogens is 2. The van der Waals surface area contributed by atoms with Gasteiger partial charge in [-0.2, -0.15) is 0 Å². The second kappa shape index (κ2) is 6.89. The molecule has 0 amide bonds. The van der Waals surface area contributed by atoms with Crippen LogP contribution >= 0.6 is 0 Å². The number of sulfonamides is 1. The molecule has 0 fully saturated rings. The number of nitrogens with zero attached hydrogens (tertiary/aromatic N) is 1. The van der Waals surface area contributed by atoms with E-state index in [2.05, 4.69) is 14.7 Å². The molecule has 0 bridgehead atoms. The van der Waals surface area contributed by atoms with Crippen molar-refractivity contribution in [2.75, 3.05) is 4.72 Å². The average molecular weight is 377 g/mol. The fourth-order valence-electron chi connectivity index (χ4n) is 2.96. The summed E-state index contributed by atoms with van der Waals surface area (Å²) in [4.78, 5) is 7.94. The van der Waals surface area contributed by atoms with Gasteiger partial charge in [0, 0.05) is 11.3 Å². The molecule has 0 aliphatic carbocycles. The molecule has 0 radical (unpaired) electrons. The van der Waals surface area contributed by atoms with Crippen LogP contribution in [-0.2, 0) is 16.4 Å². The van der Waals surface area contributed by atoms with E-state index in [-0.39, 0.29) is 4.90 Å². The summed E-state index contributed by atoms with van der Waals surface area (Å²) >= 11 is 0. The smallest absolute Gasteiger partial charge is 0.261 e. The summed E-state index contributed by atoms with van der Waals surface area (Å²) in [5.74, 6) is 0.712. The van der Waals surface area contributed by atoms with Crippen LogP contribution in [0.5, 0.6) is 0 Å². The Morgan fingerprint density at radius 2 is 1.78 bits per heavy atom. The molecule has 0 unspecified atom stereocenters. The number of benzene rings is 3. The topological polar surface area (TPSA) is 74.8 Å². The van der Waals surface area contributed by atoms with Gasteiger partial charge in [0.15, 0.2) is 0 Å². The summed E-state index contributed by atoms with van der Waals surface area (Å²) in [6.07, 6.45) is 0.845. The van der Waals surface area contributed by atoms with Crippen molar-refractivity contribution < 1.29 is 8.42 Å². The van der Waals surface area contributed by atoms with E-state index in [0.29, 0.717) is 17.0 Å². The van der Waals surface area contributed by atoms with Crippen LogP contribution in [-0.4, -0.2) is 18.4 Å².